The van der Waals surface area contributed by atoms with E-state index in [1.54, 1.807) is 0 Å². The third kappa shape index (κ3) is 7.22. The van der Waals surface area contributed by atoms with Crippen LogP contribution in [0.1, 0.15) is 6.42 Å². The molecule has 0 saturated heterocycles. The van der Waals surface area contributed by atoms with Gasteiger partial charge in [0.2, 0.25) is 0 Å². The molecule has 0 aromatic rings. The smallest absolute Gasteiger partial charge is 0.264 e. The van der Waals surface area contributed by atoms with Crippen LogP contribution in [0.25, 0.3) is 10.4 Å². The van der Waals surface area contributed by atoms with E-state index in [2.05, 4.69) is 10.0 Å². The highest BCUT2D eigenvalue weighted by Gasteiger charge is 2.01. The topological polar surface area (TPSA) is 103 Å². The third-order valence-electron chi connectivity index (χ3n) is 0.724. The molecule has 0 radical (unpaired) electrons. The lowest BCUT2D eigenvalue weighted by Gasteiger charge is -1.90. The van der Waals surface area contributed by atoms with Crippen molar-refractivity contribution in [2.75, 3.05) is 12.3 Å². The first-order valence-corrected chi connectivity index (χ1v) is 4.13. The number of hydrogen-bond donors (Lipinski definition) is 1. The molecule has 0 unspecified atom stereocenters. The number of nitrogens with zero attached hydrogens (tertiary/aromatic N) is 3. The average Bonchev–Trinajstić information content (AvgIpc) is 1.78. The van der Waals surface area contributed by atoms with Crippen LogP contribution in [0.2, 0.25) is 0 Å². The fraction of sp³-hybridized carbons (Fsp3) is 1.00. The van der Waals surface area contributed by atoms with E-state index in [1.807, 2.05) is 0 Å². The zero-order chi connectivity index (χ0) is 8.04. The van der Waals surface area contributed by atoms with Gasteiger partial charge in [-0.1, -0.05) is 5.11 Å². The highest BCUT2D eigenvalue weighted by atomic mass is 32.2. The van der Waals surface area contributed by atoms with Gasteiger partial charge >= 0.3 is 0 Å². The Morgan fingerprint density at radius 3 is 2.60 bits per heavy atom. The fourth-order valence-corrected chi connectivity index (χ4v) is 0.856. The quantitative estimate of drug-likeness (QED) is 0.216. The molecule has 7 heteroatoms. The molecule has 0 saturated carbocycles. The second kappa shape index (κ2) is 4.10. The highest BCUT2D eigenvalue weighted by molar-refractivity contribution is 7.85. The molecular formula is C3H7N3O3S. The summed E-state index contributed by atoms with van der Waals surface area (Å²) in [7, 11) is -3.89. The Bertz CT molecular complexity index is 227. The predicted octanol–water partition coefficient (Wildman–Crippen LogP) is 0.575. The van der Waals surface area contributed by atoms with E-state index in [0.29, 0.717) is 0 Å². The van der Waals surface area contributed by atoms with Crippen molar-refractivity contribution in [2.45, 2.75) is 6.42 Å². The summed E-state index contributed by atoms with van der Waals surface area (Å²) in [5.74, 6) is -0.355. The summed E-state index contributed by atoms with van der Waals surface area (Å²) in [6.45, 7) is 0.0935. The Hall–Kier alpha value is -0.780. The molecule has 0 fully saturated rings. The van der Waals surface area contributed by atoms with Crippen LogP contribution in [0.3, 0.4) is 0 Å². The largest absolute Gasteiger partial charge is 0.286 e. The molecule has 0 aromatic heterocycles. The molecule has 10 heavy (non-hydrogen) atoms. The van der Waals surface area contributed by atoms with Gasteiger partial charge in [0.15, 0.2) is 0 Å². The fourth-order valence-electron chi connectivity index (χ4n) is 0.362. The Labute approximate surface area is 58.2 Å². The minimum absolute atomic E-state index is 0.0935. The lowest BCUT2D eigenvalue weighted by atomic mass is 10.5. The summed E-state index contributed by atoms with van der Waals surface area (Å²) in [6.07, 6.45) is 0.156. The van der Waals surface area contributed by atoms with Crippen molar-refractivity contribution in [2.24, 2.45) is 5.11 Å². The maximum absolute atomic E-state index is 10.0. The van der Waals surface area contributed by atoms with Gasteiger partial charge in [0.25, 0.3) is 10.1 Å². The van der Waals surface area contributed by atoms with E-state index >= 15 is 0 Å². The van der Waals surface area contributed by atoms with Crippen LogP contribution >= 0.6 is 0 Å². The van der Waals surface area contributed by atoms with Crippen LogP contribution < -0.4 is 0 Å². The van der Waals surface area contributed by atoms with Gasteiger partial charge in [-0.2, -0.15) is 8.42 Å². The van der Waals surface area contributed by atoms with E-state index in [4.69, 9.17) is 10.1 Å². The number of hydrogen-bond acceptors (Lipinski definition) is 3. The van der Waals surface area contributed by atoms with Crippen molar-refractivity contribution in [1.29, 1.82) is 0 Å². The summed E-state index contributed by atoms with van der Waals surface area (Å²) >= 11 is 0. The molecule has 1 N–H and O–H groups in total. The zero-order valence-electron chi connectivity index (χ0n) is 5.13. The Morgan fingerprint density at radius 2 is 2.20 bits per heavy atom. The average molecular weight is 165 g/mol. The first-order valence-electron chi connectivity index (χ1n) is 2.52. The maximum Gasteiger partial charge on any atom is 0.264 e. The molecule has 0 rings (SSSR count). The zero-order valence-corrected chi connectivity index (χ0v) is 5.95. The number of rotatable bonds is 4. The minimum Gasteiger partial charge on any atom is -0.286 e. The van der Waals surface area contributed by atoms with Crippen LogP contribution in [0.5, 0.6) is 0 Å². The van der Waals surface area contributed by atoms with Crippen LogP contribution in [-0.4, -0.2) is 25.3 Å². The van der Waals surface area contributed by atoms with Crippen molar-refractivity contribution in [3.8, 4) is 0 Å². The van der Waals surface area contributed by atoms with Gasteiger partial charge in [-0.15, -0.1) is 0 Å². The monoisotopic (exact) mass is 165 g/mol. The molecule has 0 heterocycles. The van der Waals surface area contributed by atoms with E-state index in [9.17, 15) is 8.42 Å². The van der Waals surface area contributed by atoms with E-state index < -0.39 is 10.1 Å². The third-order valence-corrected chi connectivity index (χ3v) is 1.53. The van der Waals surface area contributed by atoms with Gasteiger partial charge in [0.1, 0.15) is 0 Å². The molecule has 0 spiro atoms. The highest BCUT2D eigenvalue weighted by Crippen LogP contribution is 1.88. The minimum atomic E-state index is -3.89. The molecule has 58 valence electrons. The summed E-state index contributed by atoms with van der Waals surface area (Å²) in [4.78, 5) is 2.40. The van der Waals surface area contributed by atoms with E-state index in [1.165, 1.54) is 0 Å². The van der Waals surface area contributed by atoms with Crippen LogP contribution in [-0.2, 0) is 10.1 Å². The molecule has 0 aliphatic rings. The second-order valence-corrected chi connectivity index (χ2v) is 3.17. The normalized spacial score (nSPS) is 10.5. The van der Waals surface area contributed by atoms with Gasteiger partial charge in [-0.25, -0.2) is 0 Å². The van der Waals surface area contributed by atoms with Gasteiger partial charge in [0, 0.05) is 11.5 Å². The maximum atomic E-state index is 10.0. The molecule has 6 nitrogen and oxygen atoms in total. The van der Waals surface area contributed by atoms with Gasteiger partial charge in [-0.3, -0.25) is 4.55 Å². The molecule has 0 bridgehead atoms. The Morgan fingerprint density at radius 1 is 1.60 bits per heavy atom. The van der Waals surface area contributed by atoms with Gasteiger partial charge < -0.3 is 0 Å². The van der Waals surface area contributed by atoms with E-state index in [-0.39, 0.29) is 18.7 Å². The standard InChI is InChI=1S/C3H7N3O3S/c4-6-5-2-1-3-10(7,8)9/h1-3H2,(H,7,8,9). The Balaban J connectivity index is 3.48. The first kappa shape index (κ1) is 9.22. The van der Waals surface area contributed by atoms with Crippen LogP contribution in [0, 0.1) is 0 Å². The predicted molar refractivity (Wildman–Crippen MR) is 35.0 cm³/mol. The summed E-state index contributed by atoms with van der Waals surface area (Å²) in [5, 5.41) is 3.08. The van der Waals surface area contributed by atoms with Crippen molar-refractivity contribution >= 4 is 10.1 Å². The van der Waals surface area contributed by atoms with Crippen LogP contribution in [0.15, 0.2) is 5.11 Å². The molecule has 0 amide bonds. The van der Waals surface area contributed by atoms with Gasteiger partial charge in [-0.05, 0) is 12.0 Å². The number of azide groups is 1. The second-order valence-electron chi connectivity index (χ2n) is 1.59. The Kier molecular flexibility index (Phi) is 3.78. The SMILES string of the molecule is [N-]=[N+]=NCCCS(=O)(=O)O. The molecule has 0 atom stereocenters. The van der Waals surface area contributed by atoms with Crippen molar-refractivity contribution < 1.29 is 13.0 Å². The summed E-state index contributed by atoms with van der Waals surface area (Å²) in [5.41, 5.74) is 7.74. The van der Waals surface area contributed by atoms with E-state index in [0.717, 1.165) is 0 Å². The lowest BCUT2D eigenvalue weighted by Crippen LogP contribution is -2.04. The van der Waals surface area contributed by atoms with Crippen molar-refractivity contribution in [1.82, 2.24) is 0 Å². The molecule has 0 aliphatic carbocycles. The molecule has 0 aromatic carbocycles. The molecule has 0 aliphatic heterocycles. The van der Waals surface area contributed by atoms with Crippen molar-refractivity contribution in [3.63, 3.8) is 0 Å². The van der Waals surface area contributed by atoms with Crippen molar-refractivity contribution in [3.05, 3.63) is 10.4 Å². The summed E-state index contributed by atoms with van der Waals surface area (Å²) < 4.78 is 28.2. The first-order chi connectivity index (χ1) is 4.56. The summed E-state index contributed by atoms with van der Waals surface area (Å²) in [6, 6.07) is 0. The molecular weight excluding hydrogens is 158 g/mol. The lowest BCUT2D eigenvalue weighted by molar-refractivity contribution is 0.481. The van der Waals surface area contributed by atoms with Gasteiger partial charge in [0.05, 0.1) is 5.75 Å². The van der Waals surface area contributed by atoms with Crippen LogP contribution in [0.4, 0.5) is 0 Å².